The van der Waals surface area contributed by atoms with Gasteiger partial charge in [-0.1, -0.05) is 29.3 Å². The average molecular weight is 422 g/mol. The molecule has 27 heavy (non-hydrogen) atoms. The predicted molar refractivity (Wildman–Crippen MR) is 111 cm³/mol. The molecule has 0 saturated heterocycles. The van der Waals surface area contributed by atoms with Gasteiger partial charge in [-0.05, 0) is 38.1 Å². The molecule has 0 bridgehead atoms. The highest BCUT2D eigenvalue weighted by Gasteiger charge is 2.12. The Labute approximate surface area is 170 Å². The molecule has 2 N–H and O–H groups in total. The summed E-state index contributed by atoms with van der Waals surface area (Å²) in [7, 11) is 0. The van der Waals surface area contributed by atoms with E-state index >= 15 is 0 Å². The molecule has 2 aromatic carbocycles. The van der Waals surface area contributed by atoms with Crippen molar-refractivity contribution >= 4 is 40.3 Å². The fourth-order valence-electron chi connectivity index (χ4n) is 2.52. The molecule has 0 fully saturated rings. The number of benzene rings is 2. The van der Waals surface area contributed by atoms with E-state index in [9.17, 15) is 10.2 Å². The molecule has 1 aromatic heterocycles. The average Bonchev–Trinajstić information content (AvgIpc) is 3.00. The Hall–Kier alpha value is -2.28. The van der Waals surface area contributed by atoms with Crippen LogP contribution in [0.4, 0.5) is 0 Å². The summed E-state index contributed by atoms with van der Waals surface area (Å²) in [6.45, 7) is 4.34. The van der Waals surface area contributed by atoms with Crippen LogP contribution in [0.25, 0.3) is 11.3 Å². The quantitative estimate of drug-likeness (QED) is 0.573. The van der Waals surface area contributed by atoms with Gasteiger partial charge in [-0.2, -0.15) is 5.10 Å². The minimum atomic E-state index is -0.0443. The number of halogens is 2. The molecule has 8 heteroatoms. The molecule has 0 saturated carbocycles. The van der Waals surface area contributed by atoms with Crippen molar-refractivity contribution in [3.63, 3.8) is 0 Å². The molecule has 0 aliphatic carbocycles. The second-order valence-electron chi connectivity index (χ2n) is 5.71. The maximum Gasteiger partial charge on any atom is 0.206 e. The first-order valence-corrected chi connectivity index (χ1v) is 9.78. The molecule has 3 aromatic rings. The van der Waals surface area contributed by atoms with E-state index in [1.165, 1.54) is 23.5 Å². The highest BCUT2D eigenvalue weighted by Crippen LogP contribution is 2.29. The largest absolute Gasteiger partial charge is 0.508 e. The van der Waals surface area contributed by atoms with Crippen molar-refractivity contribution in [3.05, 3.63) is 62.2 Å². The topological polar surface area (TPSA) is 70.1 Å². The fraction of sp³-hybridized carbons (Fsp3) is 0.158. The summed E-state index contributed by atoms with van der Waals surface area (Å²) in [6.07, 6.45) is 0. The van der Waals surface area contributed by atoms with Crippen LogP contribution in [0.15, 0.2) is 51.9 Å². The van der Waals surface area contributed by atoms with E-state index in [-0.39, 0.29) is 11.5 Å². The third-order valence-corrected chi connectivity index (χ3v) is 5.41. The van der Waals surface area contributed by atoms with Crippen LogP contribution in [0.5, 0.6) is 11.5 Å². The van der Waals surface area contributed by atoms with Crippen molar-refractivity contribution in [1.29, 1.82) is 0 Å². The molecule has 1 heterocycles. The second-order valence-corrected chi connectivity index (χ2v) is 7.36. The molecular formula is C19H17Cl2N3O2S. The molecule has 140 valence electrons. The minimum Gasteiger partial charge on any atom is -0.508 e. The summed E-state index contributed by atoms with van der Waals surface area (Å²) in [4.78, 5) is 5.21. The van der Waals surface area contributed by atoms with Crippen molar-refractivity contribution in [3.8, 4) is 22.8 Å². The van der Waals surface area contributed by atoms with Gasteiger partial charge in [-0.25, -0.2) is 4.68 Å². The van der Waals surface area contributed by atoms with Gasteiger partial charge in [-0.3, -0.25) is 4.99 Å². The number of aromatic nitrogens is 1. The zero-order valence-electron chi connectivity index (χ0n) is 14.6. The fourth-order valence-corrected chi connectivity index (χ4v) is 3.72. The Kier molecular flexibility index (Phi) is 5.89. The van der Waals surface area contributed by atoms with Crippen LogP contribution in [0.1, 0.15) is 19.4 Å². The molecule has 0 unspecified atom stereocenters. The summed E-state index contributed by atoms with van der Waals surface area (Å²) in [5.41, 5.74) is 2.76. The first-order valence-electron chi connectivity index (χ1n) is 8.15. The van der Waals surface area contributed by atoms with Gasteiger partial charge < -0.3 is 10.2 Å². The lowest BCUT2D eigenvalue weighted by molar-refractivity contribution is 0.450. The Morgan fingerprint density at radius 3 is 2.56 bits per heavy atom. The monoisotopic (exact) mass is 421 g/mol. The summed E-state index contributed by atoms with van der Waals surface area (Å²) in [6, 6.07) is 9.78. The van der Waals surface area contributed by atoms with Gasteiger partial charge in [0.1, 0.15) is 11.5 Å². The van der Waals surface area contributed by atoms with E-state index in [1.807, 2.05) is 18.4 Å². The zero-order valence-corrected chi connectivity index (χ0v) is 17.0. The smallest absolute Gasteiger partial charge is 0.206 e. The first kappa shape index (κ1) is 19.5. The van der Waals surface area contributed by atoms with Gasteiger partial charge in [0.15, 0.2) is 0 Å². The third kappa shape index (κ3) is 4.18. The highest BCUT2D eigenvalue weighted by atomic mass is 35.5. The van der Waals surface area contributed by atoms with Gasteiger partial charge in [0.25, 0.3) is 0 Å². The number of rotatable bonds is 4. The predicted octanol–water partition coefficient (Wildman–Crippen LogP) is 5.13. The number of hydrogen-bond donors (Lipinski definition) is 2. The summed E-state index contributed by atoms with van der Waals surface area (Å²) < 4.78 is 1.72. The third-order valence-electron chi connectivity index (χ3n) is 3.82. The van der Waals surface area contributed by atoms with Crippen LogP contribution >= 0.6 is 34.5 Å². The lowest BCUT2D eigenvalue weighted by Crippen LogP contribution is -2.14. The summed E-state index contributed by atoms with van der Waals surface area (Å²) in [5, 5.41) is 27.1. The normalized spacial score (nSPS) is 12.6. The van der Waals surface area contributed by atoms with Crippen LogP contribution in [0, 0.1) is 0 Å². The van der Waals surface area contributed by atoms with Gasteiger partial charge in [0, 0.05) is 29.1 Å². The maximum absolute atomic E-state index is 10.1. The van der Waals surface area contributed by atoms with Gasteiger partial charge in [-0.15, -0.1) is 11.3 Å². The Balaban J connectivity index is 2.17. The Bertz CT molecular complexity index is 1090. The van der Waals surface area contributed by atoms with E-state index in [2.05, 4.69) is 10.1 Å². The molecule has 0 amide bonds. The van der Waals surface area contributed by atoms with E-state index < -0.39 is 0 Å². The molecule has 3 rings (SSSR count). The molecule has 0 spiro atoms. The molecular weight excluding hydrogens is 405 g/mol. The second kappa shape index (κ2) is 8.17. The van der Waals surface area contributed by atoms with Crippen LogP contribution in [-0.2, 0) is 0 Å². The van der Waals surface area contributed by atoms with Crippen molar-refractivity contribution in [2.75, 3.05) is 6.54 Å². The van der Waals surface area contributed by atoms with Crippen LogP contribution in [0.2, 0.25) is 10.0 Å². The van der Waals surface area contributed by atoms with Crippen molar-refractivity contribution < 1.29 is 10.2 Å². The van der Waals surface area contributed by atoms with Gasteiger partial charge in [0.2, 0.25) is 4.80 Å². The minimum absolute atomic E-state index is 0.00889. The van der Waals surface area contributed by atoms with E-state index in [4.69, 9.17) is 23.2 Å². The summed E-state index contributed by atoms with van der Waals surface area (Å²) in [5.74, 6) is -0.0532. The van der Waals surface area contributed by atoms with Gasteiger partial charge >= 0.3 is 0 Å². The molecule has 0 radical (unpaired) electrons. The lowest BCUT2D eigenvalue weighted by Gasteiger charge is -2.08. The number of phenolic OH excluding ortho intramolecular Hbond substituents is 2. The van der Waals surface area contributed by atoms with E-state index in [0.717, 1.165) is 16.1 Å². The number of nitrogens with zero attached hydrogens (tertiary/aromatic N) is 3. The SMILES string of the molecule is CCN=c1scc(-c2ccc(Cl)c(Cl)c2)n1N=C(C)c1ccc(O)cc1O. The van der Waals surface area contributed by atoms with E-state index in [1.54, 1.807) is 29.8 Å². The standard InChI is InChI=1S/C19H17Cl2N3O2S/c1-3-22-19-24(23-11(2)14-6-5-13(25)9-18(14)26)17(10-27-19)12-4-7-15(20)16(21)8-12/h4-10,25-26H,3H2,1-2H3. The van der Waals surface area contributed by atoms with Crippen LogP contribution in [-0.4, -0.2) is 27.1 Å². The zero-order chi connectivity index (χ0) is 19.6. The van der Waals surface area contributed by atoms with Crippen LogP contribution < -0.4 is 4.80 Å². The number of thiazole rings is 1. The molecule has 0 aliphatic rings. The number of phenols is 2. The molecule has 0 aliphatic heterocycles. The Morgan fingerprint density at radius 1 is 1.11 bits per heavy atom. The lowest BCUT2D eigenvalue weighted by atomic mass is 10.1. The van der Waals surface area contributed by atoms with Crippen molar-refractivity contribution in [1.82, 2.24) is 4.68 Å². The highest BCUT2D eigenvalue weighted by molar-refractivity contribution is 7.07. The van der Waals surface area contributed by atoms with Gasteiger partial charge in [0.05, 0.1) is 21.5 Å². The number of hydrogen-bond acceptors (Lipinski definition) is 5. The van der Waals surface area contributed by atoms with Crippen molar-refractivity contribution in [2.24, 2.45) is 10.1 Å². The maximum atomic E-state index is 10.1. The molecule has 5 nitrogen and oxygen atoms in total. The van der Waals surface area contributed by atoms with E-state index in [0.29, 0.717) is 27.9 Å². The van der Waals surface area contributed by atoms with Crippen LogP contribution in [0.3, 0.4) is 0 Å². The molecule has 0 atom stereocenters. The van der Waals surface area contributed by atoms with Crippen molar-refractivity contribution in [2.45, 2.75) is 13.8 Å². The Morgan fingerprint density at radius 2 is 1.89 bits per heavy atom. The first-order chi connectivity index (χ1) is 12.9. The summed E-state index contributed by atoms with van der Waals surface area (Å²) >= 11 is 13.7. The number of aromatic hydroxyl groups is 2.